The molecule has 1 aromatic heterocycles. The van der Waals surface area contributed by atoms with Crippen molar-refractivity contribution in [1.82, 2.24) is 4.98 Å². The first-order valence-corrected chi connectivity index (χ1v) is 9.44. The van der Waals surface area contributed by atoms with Crippen molar-refractivity contribution in [3.05, 3.63) is 54.6 Å². The van der Waals surface area contributed by atoms with Gasteiger partial charge in [-0.2, -0.15) is 0 Å². The molecule has 0 atom stereocenters. The number of ether oxygens (including phenoxy) is 2. The summed E-state index contributed by atoms with van der Waals surface area (Å²) in [5.41, 5.74) is 1.48. The van der Waals surface area contributed by atoms with Crippen LogP contribution >= 0.6 is 0 Å². The number of rotatable bonds is 6. The Balaban J connectivity index is 1.45. The number of hydrogen-bond acceptors (Lipinski definition) is 5. The lowest BCUT2D eigenvalue weighted by Crippen LogP contribution is -2.20. The van der Waals surface area contributed by atoms with Gasteiger partial charge in [0, 0.05) is 24.2 Å². The van der Waals surface area contributed by atoms with Crippen LogP contribution in [0.25, 0.3) is 10.9 Å². The molecule has 1 saturated heterocycles. The molecule has 2 aromatic carbocycles. The third kappa shape index (κ3) is 4.01. The first kappa shape index (κ1) is 18.1. The van der Waals surface area contributed by atoms with Crippen LogP contribution in [-0.4, -0.2) is 37.7 Å². The monoisotopic (exact) mass is 377 g/mol. The number of pyridine rings is 1. The van der Waals surface area contributed by atoms with Gasteiger partial charge in [-0.1, -0.05) is 12.1 Å². The third-order valence-corrected chi connectivity index (χ3v) is 4.83. The van der Waals surface area contributed by atoms with E-state index in [4.69, 9.17) is 14.5 Å². The number of carbonyl (C=O) groups is 1. The second-order valence-corrected chi connectivity index (χ2v) is 6.76. The molecule has 0 unspecified atom stereocenters. The van der Waals surface area contributed by atoms with Crippen molar-refractivity contribution in [2.45, 2.75) is 12.8 Å². The first-order chi connectivity index (χ1) is 13.7. The number of hydrogen-bond donors (Lipinski definition) is 1. The van der Waals surface area contributed by atoms with Crippen LogP contribution in [-0.2, 0) is 4.79 Å². The molecule has 6 heteroatoms. The summed E-state index contributed by atoms with van der Waals surface area (Å²) in [7, 11) is 1.61. The molecule has 1 N–H and O–H groups in total. The molecule has 0 aliphatic carbocycles. The van der Waals surface area contributed by atoms with E-state index in [1.807, 2.05) is 24.3 Å². The fourth-order valence-electron chi connectivity index (χ4n) is 3.36. The standard InChI is InChI=1S/C22H23N3O3/c1-27-18-10-8-17(9-11-18)23-21(26)15-28-19-6-4-5-16-7-12-20(24-22(16)19)25-13-2-3-14-25/h4-12H,2-3,13-15H2,1H3,(H,23,26). The molecule has 28 heavy (non-hydrogen) atoms. The number of methoxy groups -OCH3 is 1. The summed E-state index contributed by atoms with van der Waals surface area (Å²) in [4.78, 5) is 19.3. The molecule has 144 valence electrons. The number of anilines is 2. The van der Waals surface area contributed by atoms with Crippen LogP contribution in [0.15, 0.2) is 54.6 Å². The number of fused-ring (bicyclic) bond motifs is 1. The molecule has 0 spiro atoms. The molecule has 3 aromatic rings. The molecule has 1 fully saturated rings. The highest BCUT2D eigenvalue weighted by Gasteiger charge is 2.15. The van der Waals surface area contributed by atoms with E-state index >= 15 is 0 Å². The van der Waals surface area contributed by atoms with Gasteiger partial charge in [0.05, 0.1) is 7.11 Å². The van der Waals surface area contributed by atoms with Gasteiger partial charge in [0.25, 0.3) is 5.91 Å². The van der Waals surface area contributed by atoms with E-state index < -0.39 is 0 Å². The highest BCUT2D eigenvalue weighted by atomic mass is 16.5. The Morgan fingerprint density at radius 1 is 1.07 bits per heavy atom. The van der Waals surface area contributed by atoms with Crippen molar-refractivity contribution in [1.29, 1.82) is 0 Å². The van der Waals surface area contributed by atoms with Crippen LogP contribution in [0.3, 0.4) is 0 Å². The van der Waals surface area contributed by atoms with Crippen molar-refractivity contribution in [3.63, 3.8) is 0 Å². The van der Waals surface area contributed by atoms with Crippen LogP contribution in [0.5, 0.6) is 11.5 Å². The van der Waals surface area contributed by atoms with E-state index in [2.05, 4.69) is 16.3 Å². The Morgan fingerprint density at radius 2 is 1.86 bits per heavy atom. The Bertz CT molecular complexity index is 966. The topological polar surface area (TPSA) is 63.7 Å². The lowest BCUT2D eigenvalue weighted by atomic mass is 10.2. The average Bonchev–Trinajstić information content (AvgIpc) is 3.27. The normalized spacial score (nSPS) is 13.5. The van der Waals surface area contributed by atoms with Gasteiger partial charge in [-0.15, -0.1) is 0 Å². The molecule has 0 bridgehead atoms. The Morgan fingerprint density at radius 3 is 2.61 bits per heavy atom. The minimum Gasteiger partial charge on any atom is -0.497 e. The van der Waals surface area contributed by atoms with Gasteiger partial charge in [0.1, 0.15) is 22.8 Å². The molecular formula is C22H23N3O3. The summed E-state index contributed by atoms with van der Waals surface area (Å²) in [6.07, 6.45) is 2.40. The highest BCUT2D eigenvalue weighted by Crippen LogP contribution is 2.28. The zero-order valence-electron chi connectivity index (χ0n) is 15.9. The van der Waals surface area contributed by atoms with Crippen molar-refractivity contribution >= 4 is 28.3 Å². The Hall–Kier alpha value is -3.28. The SMILES string of the molecule is COc1ccc(NC(=O)COc2cccc3ccc(N4CCCC4)nc23)cc1. The molecule has 6 nitrogen and oxygen atoms in total. The van der Waals surface area contributed by atoms with Gasteiger partial charge in [0.2, 0.25) is 0 Å². The Kier molecular flexibility index (Phi) is 5.28. The summed E-state index contributed by atoms with van der Waals surface area (Å²) in [6, 6.07) is 17.0. The summed E-state index contributed by atoms with van der Waals surface area (Å²) in [5, 5.41) is 3.82. The largest absolute Gasteiger partial charge is 0.497 e. The lowest BCUT2D eigenvalue weighted by molar-refractivity contribution is -0.118. The quantitative estimate of drug-likeness (QED) is 0.707. The molecule has 0 radical (unpaired) electrons. The third-order valence-electron chi connectivity index (χ3n) is 4.83. The maximum Gasteiger partial charge on any atom is 0.262 e. The predicted molar refractivity (Wildman–Crippen MR) is 110 cm³/mol. The zero-order chi connectivity index (χ0) is 19.3. The van der Waals surface area contributed by atoms with Gasteiger partial charge < -0.3 is 19.7 Å². The zero-order valence-corrected chi connectivity index (χ0v) is 15.9. The van der Waals surface area contributed by atoms with Crippen LogP contribution in [0.1, 0.15) is 12.8 Å². The Labute approximate surface area is 164 Å². The van der Waals surface area contributed by atoms with Crippen molar-refractivity contribution in [2.75, 3.05) is 37.0 Å². The minimum atomic E-state index is -0.224. The van der Waals surface area contributed by atoms with E-state index in [0.717, 1.165) is 35.6 Å². The van der Waals surface area contributed by atoms with Crippen LogP contribution in [0.2, 0.25) is 0 Å². The van der Waals surface area contributed by atoms with E-state index in [0.29, 0.717) is 11.4 Å². The number of amides is 1. The number of benzene rings is 2. The van der Waals surface area contributed by atoms with Gasteiger partial charge in [-0.05, 0) is 55.3 Å². The smallest absolute Gasteiger partial charge is 0.262 e. The number of aromatic nitrogens is 1. The second-order valence-electron chi connectivity index (χ2n) is 6.76. The number of nitrogens with one attached hydrogen (secondary N) is 1. The molecule has 1 aliphatic heterocycles. The number of para-hydroxylation sites is 1. The van der Waals surface area contributed by atoms with Gasteiger partial charge in [-0.25, -0.2) is 4.98 Å². The second kappa shape index (κ2) is 8.17. The van der Waals surface area contributed by atoms with Gasteiger partial charge in [0.15, 0.2) is 6.61 Å². The lowest BCUT2D eigenvalue weighted by Gasteiger charge is -2.17. The molecule has 4 rings (SSSR count). The summed E-state index contributed by atoms with van der Waals surface area (Å²) in [5.74, 6) is 2.09. The van der Waals surface area contributed by atoms with Crippen LogP contribution < -0.4 is 19.7 Å². The van der Waals surface area contributed by atoms with E-state index in [-0.39, 0.29) is 12.5 Å². The average molecular weight is 377 g/mol. The van der Waals surface area contributed by atoms with Gasteiger partial charge >= 0.3 is 0 Å². The molecule has 1 aliphatic rings. The molecule has 1 amide bonds. The fourth-order valence-corrected chi connectivity index (χ4v) is 3.36. The van der Waals surface area contributed by atoms with Crippen LogP contribution in [0.4, 0.5) is 11.5 Å². The molecule has 2 heterocycles. The van der Waals surface area contributed by atoms with E-state index in [1.54, 1.807) is 31.4 Å². The molecule has 0 saturated carbocycles. The summed E-state index contributed by atoms with van der Waals surface area (Å²) < 4.78 is 10.9. The maximum absolute atomic E-state index is 12.3. The predicted octanol–water partition coefficient (Wildman–Crippen LogP) is 3.86. The van der Waals surface area contributed by atoms with Gasteiger partial charge in [-0.3, -0.25) is 4.79 Å². The fraction of sp³-hybridized carbons (Fsp3) is 0.273. The highest BCUT2D eigenvalue weighted by molar-refractivity contribution is 5.92. The van der Waals surface area contributed by atoms with Crippen LogP contribution in [0, 0.1) is 0 Å². The summed E-state index contributed by atoms with van der Waals surface area (Å²) >= 11 is 0. The van der Waals surface area contributed by atoms with E-state index in [1.165, 1.54) is 12.8 Å². The van der Waals surface area contributed by atoms with Crippen molar-refractivity contribution < 1.29 is 14.3 Å². The van der Waals surface area contributed by atoms with E-state index in [9.17, 15) is 4.79 Å². The molecular weight excluding hydrogens is 354 g/mol. The van der Waals surface area contributed by atoms with Crippen molar-refractivity contribution in [2.24, 2.45) is 0 Å². The number of carbonyl (C=O) groups excluding carboxylic acids is 1. The number of nitrogens with zero attached hydrogens (tertiary/aromatic N) is 2. The summed E-state index contributed by atoms with van der Waals surface area (Å²) in [6.45, 7) is 1.98. The van der Waals surface area contributed by atoms with Crippen molar-refractivity contribution in [3.8, 4) is 11.5 Å². The first-order valence-electron chi connectivity index (χ1n) is 9.44. The minimum absolute atomic E-state index is 0.0826. The maximum atomic E-state index is 12.3.